The summed E-state index contributed by atoms with van der Waals surface area (Å²) in [4.78, 5) is 17.4. The van der Waals surface area contributed by atoms with Gasteiger partial charge in [0.1, 0.15) is 11.6 Å². The zero-order chi connectivity index (χ0) is 25.2. The first-order valence-electron chi connectivity index (χ1n) is 10.6. The number of fused-ring (bicyclic) bond motifs is 1. The number of methoxy groups -OCH3 is 2. The van der Waals surface area contributed by atoms with E-state index >= 15 is 0 Å². The first-order valence-corrected chi connectivity index (χ1v) is 13.3. The molecule has 3 aromatic carbocycles. The molecule has 0 aliphatic rings. The van der Waals surface area contributed by atoms with Crippen molar-refractivity contribution in [3.8, 4) is 22.1 Å². The summed E-state index contributed by atoms with van der Waals surface area (Å²) in [5, 5.41) is 3.65. The molecule has 1 aromatic heterocycles. The first-order chi connectivity index (χ1) is 16.7. The van der Waals surface area contributed by atoms with Gasteiger partial charge in [-0.15, -0.1) is 11.3 Å². The number of sulfonamides is 1. The normalized spacial score (nSPS) is 11.3. The number of aryl methyl sites for hydroxylation is 1. The highest BCUT2D eigenvalue weighted by Gasteiger charge is 2.22. The largest absolute Gasteiger partial charge is 0.493 e. The fraction of sp³-hybridized carbons (Fsp3) is 0.200. The van der Waals surface area contributed by atoms with Crippen LogP contribution in [0.1, 0.15) is 5.56 Å². The van der Waals surface area contributed by atoms with Crippen LogP contribution < -0.4 is 19.1 Å². The molecule has 0 spiro atoms. The van der Waals surface area contributed by atoms with Crippen molar-refractivity contribution < 1.29 is 22.7 Å². The van der Waals surface area contributed by atoms with Gasteiger partial charge in [0.25, 0.3) is 0 Å². The third-order valence-corrected chi connectivity index (χ3v) is 7.51. The number of thiazole rings is 1. The number of aromatic nitrogens is 1. The van der Waals surface area contributed by atoms with Gasteiger partial charge in [-0.1, -0.05) is 6.07 Å². The van der Waals surface area contributed by atoms with Gasteiger partial charge < -0.3 is 14.8 Å². The molecule has 182 valence electrons. The Morgan fingerprint density at radius 3 is 2.37 bits per heavy atom. The van der Waals surface area contributed by atoms with Crippen molar-refractivity contribution >= 4 is 48.9 Å². The number of hydrogen-bond donors (Lipinski definition) is 1. The molecule has 0 unspecified atom stereocenters. The molecule has 0 radical (unpaired) electrons. The van der Waals surface area contributed by atoms with E-state index in [9.17, 15) is 13.2 Å². The number of carbonyl (C=O) groups is 1. The van der Waals surface area contributed by atoms with Gasteiger partial charge in [0.05, 0.1) is 36.4 Å². The maximum absolute atomic E-state index is 12.7. The SMILES string of the molecule is COc1ccc(N(CC(=O)Nc2ccc(-c3nc4ccc(C)cc4s3)cc2)S(C)(=O)=O)cc1OC. The van der Waals surface area contributed by atoms with Gasteiger partial charge in [-0.25, -0.2) is 13.4 Å². The second-order valence-electron chi connectivity index (χ2n) is 7.92. The number of benzene rings is 3. The third-order valence-electron chi connectivity index (χ3n) is 5.30. The van der Waals surface area contributed by atoms with Crippen molar-refractivity contribution in [2.45, 2.75) is 6.92 Å². The van der Waals surface area contributed by atoms with Crippen LogP contribution in [0.2, 0.25) is 0 Å². The van der Waals surface area contributed by atoms with Crippen molar-refractivity contribution in [2.75, 3.05) is 36.6 Å². The van der Waals surface area contributed by atoms with Crippen LogP contribution in [0, 0.1) is 6.92 Å². The maximum atomic E-state index is 12.7. The Kier molecular flexibility index (Phi) is 6.95. The number of carbonyl (C=O) groups excluding carboxylic acids is 1. The van der Waals surface area contributed by atoms with Crippen LogP contribution in [0.5, 0.6) is 11.5 Å². The van der Waals surface area contributed by atoms with Gasteiger partial charge in [-0.3, -0.25) is 9.10 Å². The van der Waals surface area contributed by atoms with Crippen molar-refractivity contribution in [1.82, 2.24) is 4.98 Å². The first kappa shape index (κ1) is 24.5. The Labute approximate surface area is 208 Å². The lowest BCUT2D eigenvalue weighted by Crippen LogP contribution is -2.37. The van der Waals surface area contributed by atoms with E-state index in [1.807, 2.05) is 31.2 Å². The van der Waals surface area contributed by atoms with E-state index in [1.54, 1.807) is 35.6 Å². The molecule has 35 heavy (non-hydrogen) atoms. The molecule has 10 heteroatoms. The van der Waals surface area contributed by atoms with E-state index in [4.69, 9.17) is 9.47 Å². The van der Waals surface area contributed by atoms with Crippen LogP contribution in [-0.2, 0) is 14.8 Å². The molecular weight excluding hydrogens is 486 g/mol. The fourth-order valence-corrected chi connectivity index (χ4v) is 5.48. The van der Waals surface area contributed by atoms with Crippen LogP contribution in [0.25, 0.3) is 20.8 Å². The van der Waals surface area contributed by atoms with Crippen LogP contribution in [0.4, 0.5) is 11.4 Å². The molecule has 8 nitrogen and oxygen atoms in total. The smallest absolute Gasteiger partial charge is 0.245 e. The highest BCUT2D eigenvalue weighted by atomic mass is 32.2. The number of amides is 1. The van der Waals surface area contributed by atoms with E-state index in [0.717, 1.165) is 31.3 Å². The Balaban J connectivity index is 1.50. The number of ether oxygens (including phenoxy) is 2. The molecule has 1 amide bonds. The average molecular weight is 512 g/mol. The van der Waals surface area contributed by atoms with Gasteiger partial charge in [0.2, 0.25) is 15.9 Å². The zero-order valence-corrected chi connectivity index (χ0v) is 21.4. The molecule has 0 fully saturated rings. The summed E-state index contributed by atoms with van der Waals surface area (Å²) in [6.45, 7) is 1.65. The monoisotopic (exact) mass is 511 g/mol. The lowest BCUT2D eigenvalue weighted by Gasteiger charge is -2.23. The summed E-state index contributed by atoms with van der Waals surface area (Å²) >= 11 is 1.61. The van der Waals surface area contributed by atoms with E-state index < -0.39 is 22.5 Å². The summed E-state index contributed by atoms with van der Waals surface area (Å²) in [5.41, 5.74) is 3.91. The number of hydrogen-bond acceptors (Lipinski definition) is 7. The Morgan fingerprint density at radius 2 is 1.71 bits per heavy atom. The molecular formula is C25H25N3O5S2. The number of anilines is 2. The number of rotatable bonds is 8. The summed E-state index contributed by atoms with van der Waals surface area (Å²) < 4.78 is 37.5. The van der Waals surface area contributed by atoms with Crippen molar-refractivity contribution in [1.29, 1.82) is 0 Å². The molecule has 4 aromatic rings. The lowest BCUT2D eigenvalue weighted by atomic mass is 10.2. The summed E-state index contributed by atoms with van der Waals surface area (Å²) in [6.07, 6.45) is 1.05. The molecule has 4 rings (SSSR count). The number of nitrogens with zero attached hydrogens (tertiary/aromatic N) is 2. The highest BCUT2D eigenvalue weighted by Crippen LogP contribution is 2.33. The molecule has 0 saturated carbocycles. The van der Waals surface area contributed by atoms with Crippen LogP contribution in [-0.4, -0.2) is 46.3 Å². The van der Waals surface area contributed by atoms with Crippen molar-refractivity contribution in [3.63, 3.8) is 0 Å². The summed E-state index contributed by atoms with van der Waals surface area (Å²) in [7, 11) is -0.794. The molecule has 1 heterocycles. The minimum atomic E-state index is -3.74. The Bertz CT molecular complexity index is 1480. The maximum Gasteiger partial charge on any atom is 0.245 e. The standard InChI is InChI=1S/C25H25N3O5S2/c1-16-5-11-20-23(13-16)34-25(27-20)17-6-8-18(9-7-17)26-24(29)15-28(35(4,30)31)19-10-12-21(32-2)22(14-19)33-3/h5-14H,15H2,1-4H3,(H,26,29). The summed E-state index contributed by atoms with van der Waals surface area (Å²) in [6, 6.07) is 18.1. The third kappa shape index (κ3) is 5.55. The fourth-order valence-electron chi connectivity index (χ4n) is 3.56. The second-order valence-corrected chi connectivity index (χ2v) is 10.9. The lowest BCUT2D eigenvalue weighted by molar-refractivity contribution is -0.114. The van der Waals surface area contributed by atoms with Crippen LogP contribution in [0.3, 0.4) is 0 Å². The van der Waals surface area contributed by atoms with Crippen molar-refractivity contribution in [3.05, 3.63) is 66.2 Å². The van der Waals surface area contributed by atoms with E-state index in [1.165, 1.54) is 25.8 Å². The Hall–Kier alpha value is -3.63. The number of nitrogens with one attached hydrogen (secondary N) is 1. The average Bonchev–Trinajstić information content (AvgIpc) is 3.25. The topological polar surface area (TPSA) is 97.8 Å². The minimum Gasteiger partial charge on any atom is -0.493 e. The second kappa shape index (κ2) is 9.93. The van der Waals surface area contributed by atoms with Gasteiger partial charge in [0, 0.05) is 17.3 Å². The van der Waals surface area contributed by atoms with Gasteiger partial charge in [-0.2, -0.15) is 0 Å². The molecule has 1 N–H and O–H groups in total. The molecule has 0 atom stereocenters. The molecule has 0 bridgehead atoms. The van der Waals surface area contributed by atoms with Crippen molar-refractivity contribution in [2.24, 2.45) is 0 Å². The molecule has 0 aliphatic heterocycles. The molecule has 0 aliphatic carbocycles. The minimum absolute atomic E-state index is 0.293. The van der Waals surface area contributed by atoms with Gasteiger partial charge in [-0.05, 0) is 61.0 Å². The van der Waals surface area contributed by atoms with Crippen LogP contribution in [0.15, 0.2) is 60.7 Å². The highest BCUT2D eigenvalue weighted by molar-refractivity contribution is 7.92. The van der Waals surface area contributed by atoms with Gasteiger partial charge >= 0.3 is 0 Å². The van der Waals surface area contributed by atoms with Crippen LogP contribution >= 0.6 is 11.3 Å². The summed E-state index contributed by atoms with van der Waals surface area (Å²) in [5.74, 6) is 0.339. The van der Waals surface area contributed by atoms with E-state index in [-0.39, 0.29) is 0 Å². The van der Waals surface area contributed by atoms with Gasteiger partial charge in [0.15, 0.2) is 11.5 Å². The Morgan fingerprint density at radius 1 is 1.00 bits per heavy atom. The predicted molar refractivity (Wildman–Crippen MR) is 140 cm³/mol. The quantitative estimate of drug-likeness (QED) is 0.368. The van der Waals surface area contributed by atoms with E-state index in [0.29, 0.717) is 22.9 Å². The zero-order valence-electron chi connectivity index (χ0n) is 19.7. The van der Waals surface area contributed by atoms with E-state index in [2.05, 4.69) is 16.4 Å². The predicted octanol–water partition coefficient (Wildman–Crippen LogP) is 4.69. The molecule has 0 saturated heterocycles.